The molecule has 1 aliphatic heterocycles. The highest BCUT2D eigenvalue weighted by Gasteiger charge is 2.25. The van der Waals surface area contributed by atoms with E-state index in [4.69, 9.17) is 4.42 Å². The molecule has 2 atom stereocenters. The van der Waals surface area contributed by atoms with E-state index in [9.17, 15) is 4.79 Å². The summed E-state index contributed by atoms with van der Waals surface area (Å²) in [6.07, 6.45) is 3.54. The molecular formula is C20H27N3O2. The summed E-state index contributed by atoms with van der Waals surface area (Å²) in [5.41, 5.74) is 3.04. The number of piperidine rings is 1. The van der Waals surface area contributed by atoms with Gasteiger partial charge in [0, 0.05) is 31.6 Å². The van der Waals surface area contributed by atoms with Crippen LogP contribution < -0.4 is 5.32 Å². The Morgan fingerprint density at radius 3 is 2.60 bits per heavy atom. The number of aryl methyl sites for hydroxylation is 1. The van der Waals surface area contributed by atoms with Crippen molar-refractivity contribution in [3.63, 3.8) is 0 Å². The predicted molar refractivity (Wildman–Crippen MR) is 98.3 cm³/mol. The highest BCUT2D eigenvalue weighted by molar-refractivity contribution is 5.74. The number of amides is 2. The number of hydrogen-bond acceptors (Lipinski definition) is 3. The molecule has 1 aliphatic rings. The first-order chi connectivity index (χ1) is 12.0. The van der Waals surface area contributed by atoms with Crippen LogP contribution in [-0.2, 0) is 6.42 Å². The molecule has 2 unspecified atom stereocenters. The van der Waals surface area contributed by atoms with E-state index in [0.717, 1.165) is 24.3 Å². The van der Waals surface area contributed by atoms with Crippen molar-refractivity contribution in [2.75, 3.05) is 19.6 Å². The van der Waals surface area contributed by atoms with E-state index in [1.807, 2.05) is 29.2 Å². The quantitative estimate of drug-likeness (QED) is 0.918. The Balaban J connectivity index is 1.49. The second kappa shape index (κ2) is 7.72. The summed E-state index contributed by atoms with van der Waals surface area (Å²) in [5.74, 6) is 1.77. The molecule has 5 heteroatoms. The van der Waals surface area contributed by atoms with E-state index in [0.29, 0.717) is 30.7 Å². The number of carbonyl (C=O) groups is 1. The molecule has 1 aromatic carbocycles. The molecule has 2 amide bonds. The van der Waals surface area contributed by atoms with Crippen molar-refractivity contribution in [2.24, 2.45) is 11.8 Å². The van der Waals surface area contributed by atoms with Crippen molar-refractivity contribution >= 4 is 6.03 Å². The second-order valence-electron chi connectivity index (χ2n) is 7.34. The summed E-state index contributed by atoms with van der Waals surface area (Å²) >= 11 is 0. The zero-order valence-electron chi connectivity index (χ0n) is 15.3. The lowest BCUT2D eigenvalue weighted by Crippen LogP contribution is -2.47. The van der Waals surface area contributed by atoms with Gasteiger partial charge in [0.05, 0.1) is 5.69 Å². The molecule has 1 aromatic heterocycles. The number of hydrogen-bond donors (Lipinski definition) is 1. The standard InChI is InChI=1S/C20H27N3O2/c1-14-4-6-17(7-5-14)19-22-18(13-25-19)8-9-21-20(24)23-11-15(2)10-16(3)12-23/h4-7,13,15-16H,8-12H2,1-3H3,(H,21,24). The number of urea groups is 1. The number of rotatable bonds is 4. The van der Waals surface area contributed by atoms with Gasteiger partial charge < -0.3 is 14.6 Å². The summed E-state index contributed by atoms with van der Waals surface area (Å²) in [7, 11) is 0. The molecule has 1 saturated heterocycles. The number of nitrogens with one attached hydrogen (secondary N) is 1. The van der Waals surface area contributed by atoms with Crippen LogP contribution in [0.4, 0.5) is 4.79 Å². The lowest BCUT2D eigenvalue weighted by molar-refractivity contribution is 0.146. The SMILES string of the molecule is Cc1ccc(-c2nc(CCNC(=O)N3CC(C)CC(C)C3)co2)cc1. The fourth-order valence-electron chi connectivity index (χ4n) is 3.49. The lowest BCUT2D eigenvalue weighted by Gasteiger charge is -2.34. The van der Waals surface area contributed by atoms with E-state index in [-0.39, 0.29) is 6.03 Å². The van der Waals surface area contributed by atoms with Gasteiger partial charge in [0.1, 0.15) is 6.26 Å². The normalized spacial score (nSPS) is 20.5. The molecular weight excluding hydrogens is 314 g/mol. The zero-order valence-corrected chi connectivity index (χ0v) is 15.3. The van der Waals surface area contributed by atoms with Crippen molar-refractivity contribution in [2.45, 2.75) is 33.6 Å². The summed E-state index contributed by atoms with van der Waals surface area (Å²) in [5, 5.41) is 3.00. The Bertz CT molecular complexity index is 698. The Morgan fingerprint density at radius 2 is 1.92 bits per heavy atom. The van der Waals surface area contributed by atoms with E-state index >= 15 is 0 Å². The van der Waals surface area contributed by atoms with Gasteiger partial charge in [-0.05, 0) is 37.3 Å². The summed E-state index contributed by atoms with van der Waals surface area (Å²) in [4.78, 5) is 18.8. The first kappa shape index (κ1) is 17.5. The minimum atomic E-state index is 0.0284. The summed E-state index contributed by atoms with van der Waals surface area (Å²) < 4.78 is 5.56. The number of likely N-dealkylation sites (tertiary alicyclic amines) is 1. The van der Waals surface area contributed by atoms with Crippen LogP contribution in [0.5, 0.6) is 0 Å². The summed E-state index contributed by atoms with van der Waals surface area (Å²) in [6, 6.07) is 8.12. The van der Waals surface area contributed by atoms with Gasteiger partial charge in [0.25, 0.3) is 0 Å². The molecule has 0 radical (unpaired) electrons. The van der Waals surface area contributed by atoms with Crippen LogP contribution in [-0.4, -0.2) is 35.5 Å². The Morgan fingerprint density at radius 1 is 1.24 bits per heavy atom. The number of carbonyl (C=O) groups excluding carboxylic acids is 1. The molecule has 25 heavy (non-hydrogen) atoms. The maximum atomic E-state index is 12.3. The van der Waals surface area contributed by atoms with Crippen LogP contribution in [0.1, 0.15) is 31.5 Å². The third-order valence-electron chi connectivity index (χ3n) is 4.66. The van der Waals surface area contributed by atoms with E-state index in [2.05, 4.69) is 31.1 Å². The van der Waals surface area contributed by atoms with Gasteiger partial charge in [0.15, 0.2) is 0 Å². The first-order valence-electron chi connectivity index (χ1n) is 9.05. The van der Waals surface area contributed by atoms with Gasteiger partial charge >= 0.3 is 6.03 Å². The Kier molecular flexibility index (Phi) is 5.41. The average Bonchev–Trinajstić information content (AvgIpc) is 3.03. The maximum absolute atomic E-state index is 12.3. The third kappa shape index (κ3) is 4.62. The molecule has 1 N–H and O–H groups in total. The minimum absolute atomic E-state index is 0.0284. The topological polar surface area (TPSA) is 58.4 Å². The van der Waals surface area contributed by atoms with E-state index in [1.165, 1.54) is 12.0 Å². The largest absolute Gasteiger partial charge is 0.444 e. The first-order valence-corrected chi connectivity index (χ1v) is 9.05. The highest BCUT2D eigenvalue weighted by Crippen LogP contribution is 2.21. The minimum Gasteiger partial charge on any atom is -0.444 e. The smallest absolute Gasteiger partial charge is 0.317 e. The molecule has 2 heterocycles. The Hall–Kier alpha value is -2.30. The molecule has 3 rings (SSSR count). The van der Waals surface area contributed by atoms with E-state index < -0.39 is 0 Å². The number of nitrogens with zero attached hydrogens (tertiary/aromatic N) is 2. The van der Waals surface area contributed by atoms with Gasteiger partial charge in [-0.15, -0.1) is 0 Å². The molecule has 1 fully saturated rings. The number of oxazole rings is 1. The van der Waals surface area contributed by atoms with Crippen LogP contribution in [0, 0.1) is 18.8 Å². The third-order valence-corrected chi connectivity index (χ3v) is 4.66. The number of benzene rings is 1. The molecule has 0 bridgehead atoms. The van der Waals surface area contributed by atoms with Crippen LogP contribution in [0.2, 0.25) is 0 Å². The zero-order chi connectivity index (χ0) is 17.8. The fraction of sp³-hybridized carbons (Fsp3) is 0.500. The molecule has 5 nitrogen and oxygen atoms in total. The lowest BCUT2D eigenvalue weighted by atomic mass is 9.92. The van der Waals surface area contributed by atoms with Crippen LogP contribution in [0.25, 0.3) is 11.5 Å². The van der Waals surface area contributed by atoms with Gasteiger partial charge in [0.2, 0.25) is 5.89 Å². The Labute approximate surface area is 149 Å². The molecule has 134 valence electrons. The van der Waals surface area contributed by atoms with Crippen molar-refractivity contribution in [3.05, 3.63) is 41.8 Å². The van der Waals surface area contributed by atoms with E-state index in [1.54, 1.807) is 6.26 Å². The van der Waals surface area contributed by atoms with Gasteiger partial charge in [-0.2, -0.15) is 0 Å². The molecule has 0 spiro atoms. The van der Waals surface area contributed by atoms with Crippen LogP contribution in [0.3, 0.4) is 0 Å². The maximum Gasteiger partial charge on any atom is 0.317 e. The second-order valence-corrected chi connectivity index (χ2v) is 7.34. The highest BCUT2D eigenvalue weighted by atomic mass is 16.3. The van der Waals surface area contributed by atoms with Gasteiger partial charge in [-0.25, -0.2) is 9.78 Å². The summed E-state index contributed by atoms with van der Waals surface area (Å²) in [6.45, 7) is 8.72. The van der Waals surface area contributed by atoms with Crippen molar-refractivity contribution < 1.29 is 9.21 Å². The molecule has 0 saturated carbocycles. The van der Waals surface area contributed by atoms with Crippen LogP contribution in [0.15, 0.2) is 34.9 Å². The molecule has 0 aliphatic carbocycles. The van der Waals surface area contributed by atoms with Crippen molar-refractivity contribution in [1.29, 1.82) is 0 Å². The van der Waals surface area contributed by atoms with Crippen molar-refractivity contribution in [3.8, 4) is 11.5 Å². The van der Waals surface area contributed by atoms with Gasteiger partial charge in [-0.3, -0.25) is 0 Å². The van der Waals surface area contributed by atoms with Crippen LogP contribution >= 0.6 is 0 Å². The van der Waals surface area contributed by atoms with Gasteiger partial charge in [-0.1, -0.05) is 31.5 Å². The fourth-order valence-corrected chi connectivity index (χ4v) is 3.49. The average molecular weight is 341 g/mol. The number of aromatic nitrogens is 1. The molecule has 2 aromatic rings. The van der Waals surface area contributed by atoms with Crippen molar-refractivity contribution in [1.82, 2.24) is 15.2 Å². The monoisotopic (exact) mass is 341 g/mol. The predicted octanol–water partition coefficient (Wildman–Crippen LogP) is 3.88.